The quantitative estimate of drug-likeness (QED) is 0.670. The van der Waals surface area contributed by atoms with Crippen LogP contribution in [0, 0.1) is 0 Å². The van der Waals surface area contributed by atoms with Gasteiger partial charge in [-0.15, -0.1) is 0 Å². The lowest BCUT2D eigenvalue weighted by molar-refractivity contribution is 0.120. The average Bonchev–Trinajstić information content (AvgIpc) is 2.38. The lowest BCUT2D eigenvalue weighted by atomic mass is 10.2. The zero-order valence-electron chi connectivity index (χ0n) is 10.9. The molecule has 0 aliphatic carbocycles. The van der Waals surface area contributed by atoms with Gasteiger partial charge in [-0.1, -0.05) is 20.3 Å². The summed E-state index contributed by atoms with van der Waals surface area (Å²) in [6, 6.07) is 2.03. The van der Waals surface area contributed by atoms with Gasteiger partial charge in [0.25, 0.3) is 0 Å². The Morgan fingerprint density at radius 2 is 2.00 bits per heavy atom. The number of ether oxygens (including phenoxy) is 1. The first-order valence-electron chi connectivity index (χ1n) is 6.46. The number of rotatable bonds is 9. The van der Waals surface area contributed by atoms with Gasteiger partial charge in [0.05, 0.1) is 6.04 Å². The van der Waals surface area contributed by atoms with Gasteiger partial charge in [-0.3, -0.25) is 0 Å². The number of nitrogens with one attached hydrogen (secondary N) is 1. The van der Waals surface area contributed by atoms with Crippen molar-refractivity contribution in [3.05, 3.63) is 24.3 Å². The summed E-state index contributed by atoms with van der Waals surface area (Å²) in [5.41, 5.74) is 0. The van der Waals surface area contributed by atoms with Crippen LogP contribution in [0.15, 0.2) is 18.5 Å². The Labute approximate surface area is 104 Å². The largest absolute Gasteiger partial charge is 0.381 e. The lowest BCUT2D eigenvalue weighted by Gasteiger charge is -2.16. The first kappa shape index (κ1) is 14.1. The van der Waals surface area contributed by atoms with E-state index in [2.05, 4.69) is 29.1 Å². The van der Waals surface area contributed by atoms with Crippen LogP contribution < -0.4 is 5.32 Å². The van der Waals surface area contributed by atoms with E-state index >= 15 is 0 Å². The Kier molecular flexibility index (Phi) is 7.51. The summed E-state index contributed by atoms with van der Waals surface area (Å²) in [4.78, 5) is 8.57. The fourth-order valence-corrected chi connectivity index (χ4v) is 1.61. The van der Waals surface area contributed by atoms with Crippen molar-refractivity contribution in [2.45, 2.75) is 39.2 Å². The summed E-state index contributed by atoms with van der Waals surface area (Å²) in [5, 5.41) is 3.38. The molecule has 0 saturated heterocycles. The van der Waals surface area contributed by atoms with Crippen LogP contribution in [0.4, 0.5) is 0 Å². The fraction of sp³-hybridized carbons (Fsp3) is 0.692. The van der Waals surface area contributed by atoms with Crippen molar-refractivity contribution in [3.63, 3.8) is 0 Å². The van der Waals surface area contributed by atoms with E-state index in [0.29, 0.717) is 0 Å². The highest BCUT2D eigenvalue weighted by Gasteiger charge is 2.12. The number of nitrogens with zero attached hydrogens (tertiary/aromatic N) is 2. The Morgan fingerprint density at radius 1 is 1.24 bits per heavy atom. The van der Waals surface area contributed by atoms with Crippen molar-refractivity contribution >= 4 is 0 Å². The fourth-order valence-electron chi connectivity index (χ4n) is 1.61. The zero-order valence-corrected chi connectivity index (χ0v) is 10.9. The molecule has 1 aromatic heterocycles. The van der Waals surface area contributed by atoms with Crippen molar-refractivity contribution in [2.24, 2.45) is 0 Å². The van der Waals surface area contributed by atoms with Crippen molar-refractivity contribution in [3.8, 4) is 0 Å². The molecule has 0 bridgehead atoms. The number of hydrogen-bond acceptors (Lipinski definition) is 4. The highest BCUT2D eigenvalue weighted by Crippen LogP contribution is 2.11. The zero-order chi connectivity index (χ0) is 12.3. The maximum absolute atomic E-state index is 5.58. The maximum atomic E-state index is 5.58. The first-order valence-corrected chi connectivity index (χ1v) is 6.46. The van der Waals surface area contributed by atoms with Crippen molar-refractivity contribution in [1.82, 2.24) is 15.3 Å². The first-order chi connectivity index (χ1) is 8.38. The van der Waals surface area contributed by atoms with E-state index in [9.17, 15) is 0 Å². The second kappa shape index (κ2) is 9.07. The SMILES string of the molecule is CCCCOCCC(NCC)c1ncccn1. The smallest absolute Gasteiger partial charge is 0.145 e. The van der Waals surface area contributed by atoms with Crippen LogP contribution in [0.1, 0.15) is 45.0 Å². The third-order valence-corrected chi connectivity index (χ3v) is 2.54. The number of unbranched alkanes of at least 4 members (excludes halogenated alkanes) is 1. The molecule has 1 N–H and O–H groups in total. The minimum atomic E-state index is 0.197. The Bertz CT molecular complexity index is 279. The van der Waals surface area contributed by atoms with Crippen LogP contribution >= 0.6 is 0 Å². The Morgan fingerprint density at radius 3 is 2.65 bits per heavy atom. The van der Waals surface area contributed by atoms with Gasteiger partial charge in [0, 0.05) is 25.6 Å². The predicted octanol–water partition coefficient (Wildman–Crippen LogP) is 2.33. The van der Waals surface area contributed by atoms with Crippen LogP contribution in [0.3, 0.4) is 0 Å². The molecular weight excluding hydrogens is 214 g/mol. The average molecular weight is 237 g/mol. The molecule has 1 heterocycles. The standard InChI is InChI=1S/C13H23N3O/c1-3-5-10-17-11-7-12(14-4-2)13-15-8-6-9-16-13/h6,8-9,12,14H,3-5,7,10-11H2,1-2H3. The lowest BCUT2D eigenvalue weighted by Crippen LogP contribution is -2.24. The molecule has 0 aliphatic rings. The molecule has 0 aromatic carbocycles. The monoisotopic (exact) mass is 237 g/mol. The molecule has 4 heteroatoms. The van der Waals surface area contributed by atoms with E-state index < -0.39 is 0 Å². The molecule has 96 valence electrons. The molecule has 0 amide bonds. The van der Waals surface area contributed by atoms with Gasteiger partial charge in [-0.2, -0.15) is 0 Å². The van der Waals surface area contributed by atoms with Crippen LogP contribution in [0.2, 0.25) is 0 Å². The third-order valence-electron chi connectivity index (χ3n) is 2.54. The Balaban J connectivity index is 2.33. The molecule has 0 radical (unpaired) electrons. The Hall–Kier alpha value is -1.00. The molecule has 1 atom stereocenters. The van der Waals surface area contributed by atoms with E-state index in [1.165, 1.54) is 6.42 Å². The molecule has 0 fully saturated rings. The normalized spacial score (nSPS) is 12.6. The van der Waals surface area contributed by atoms with Gasteiger partial charge in [0.2, 0.25) is 0 Å². The van der Waals surface area contributed by atoms with E-state index in [1.807, 2.05) is 6.07 Å². The molecule has 1 aromatic rings. The van der Waals surface area contributed by atoms with E-state index in [4.69, 9.17) is 4.74 Å². The van der Waals surface area contributed by atoms with Crippen LogP contribution in [0.25, 0.3) is 0 Å². The van der Waals surface area contributed by atoms with Crippen molar-refractivity contribution in [2.75, 3.05) is 19.8 Å². The molecule has 0 spiro atoms. The molecule has 0 saturated carbocycles. The second-order valence-electron chi connectivity index (χ2n) is 3.97. The van der Waals surface area contributed by atoms with Crippen LogP contribution in [-0.4, -0.2) is 29.7 Å². The number of aromatic nitrogens is 2. The summed E-state index contributed by atoms with van der Waals surface area (Å²) >= 11 is 0. The molecule has 1 rings (SSSR count). The van der Waals surface area contributed by atoms with Crippen molar-refractivity contribution < 1.29 is 4.74 Å². The molecule has 0 aliphatic heterocycles. The minimum Gasteiger partial charge on any atom is -0.381 e. The highest BCUT2D eigenvalue weighted by atomic mass is 16.5. The topological polar surface area (TPSA) is 47.0 Å². The summed E-state index contributed by atoms with van der Waals surface area (Å²) in [6.45, 7) is 6.79. The summed E-state index contributed by atoms with van der Waals surface area (Å²) in [5.74, 6) is 0.855. The maximum Gasteiger partial charge on any atom is 0.145 e. The van der Waals surface area contributed by atoms with Gasteiger partial charge in [0.1, 0.15) is 5.82 Å². The van der Waals surface area contributed by atoms with Crippen LogP contribution in [-0.2, 0) is 4.74 Å². The number of hydrogen-bond donors (Lipinski definition) is 1. The predicted molar refractivity (Wildman–Crippen MR) is 68.8 cm³/mol. The van der Waals surface area contributed by atoms with Gasteiger partial charge in [-0.05, 0) is 25.5 Å². The molecular formula is C13H23N3O. The summed E-state index contributed by atoms with van der Waals surface area (Å²) in [7, 11) is 0. The van der Waals surface area contributed by atoms with E-state index in [1.54, 1.807) is 12.4 Å². The van der Waals surface area contributed by atoms with Crippen molar-refractivity contribution in [1.29, 1.82) is 0 Å². The van der Waals surface area contributed by atoms with E-state index in [0.717, 1.165) is 38.4 Å². The molecule has 1 unspecified atom stereocenters. The molecule has 17 heavy (non-hydrogen) atoms. The summed E-state index contributed by atoms with van der Waals surface area (Å²) < 4.78 is 5.58. The van der Waals surface area contributed by atoms with Gasteiger partial charge in [-0.25, -0.2) is 9.97 Å². The van der Waals surface area contributed by atoms with Crippen LogP contribution in [0.5, 0.6) is 0 Å². The van der Waals surface area contributed by atoms with E-state index in [-0.39, 0.29) is 6.04 Å². The minimum absolute atomic E-state index is 0.197. The second-order valence-corrected chi connectivity index (χ2v) is 3.97. The highest BCUT2D eigenvalue weighted by molar-refractivity contribution is 4.95. The van der Waals surface area contributed by atoms with Gasteiger partial charge in [0.15, 0.2) is 0 Å². The molecule has 4 nitrogen and oxygen atoms in total. The summed E-state index contributed by atoms with van der Waals surface area (Å²) in [6.07, 6.45) is 6.79. The van der Waals surface area contributed by atoms with Gasteiger partial charge >= 0.3 is 0 Å². The van der Waals surface area contributed by atoms with Gasteiger partial charge < -0.3 is 10.1 Å². The third kappa shape index (κ3) is 5.75.